The van der Waals surface area contributed by atoms with Gasteiger partial charge >= 0.3 is 0 Å². The summed E-state index contributed by atoms with van der Waals surface area (Å²) in [6.45, 7) is 4.66. The highest BCUT2D eigenvalue weighted by molar-refractivity contribution is 9.10. The highest BCUT2D eigenvalue weighted by Gasteiger charge is 2.04. The van der Waals surface area contributed by atoms with Gasteiger partial charge in [0, 0.05) is 41.8 Å². The van der Waals surface area contributed by atoms with Gasteiger partial charge in [-0.2, -0.15) is 0 Å². The zero-order chi connectivity index (χ0) is 15.1. The third-order valence-corrected chi connectivity index (χ3v) is 4.09. The molecule has 0 unspecified atom stereocenters. The fourth-order valence-electron chi connectivity index (χ4n) is 2.20. The van der Waals surface area contributed by atoms with Crippen LogP contribution in [0.2, 0.25) is 0 Å². The van der Waals surface area contributed by atoms with E-state index in [9.17, 15) is 0 Å². The quantitative estimate of drug-likeness (QED) is 0.767. The van der Waals surface area contributed by atoms with Crippen molar-refractivity contribution in [2.24, 2.45) is 0 Å². The van der Waals surface area contributed by atoms with Gasteiger partial charge in [-0.25, -0.2) is 0 Å². The maximum atomic E-state index is 5.05. The third kappa shape index (κ3) is 4.37. The lowest BCUT2D eigenvalue weighted by Crippen LogP contribution is -2.21. The molecule has 2 rings (SSSR count). The second-order valence-electron chi connectivity index (χ2n) is 4.86. The lowest BCUT2D eigenvalue weighted by molar-refractivity contribution is 0.200. The van der Waals surface area contributed by atoms with Crippen molar-refractivity contribution in [1.29, 1.82) is 0 Å². The van der Waals surface area contributed by atoms with Crippen molar-refractivity contribution >= 4 is 32.9 Å². The second kappa shape index (κ2) is 8.27. The van der Waals surface area contributed by atoms with Crippen LogP contribution < -0.4 is 5.32 Å². The fraction of sp³-hybridized carbons (Fsp3) is 0.353. The van der Waals surface area contributed by atoms with E-state index in [0.29, 0.717) is 0 Å². The lowest BCUT2D eigenvalue weighted by atomic mass is 10.1. The van der Waals surface area contributed by atoms with Crippen LogP contribution in [-0.2, 0) is 4.74 Å². The molecule has 21 heavy (non-hydrogen) atoms. The minimum Gasteiger partial charge on any atom is -0.383 e. The van der Waals surface area contributed by atoms with Crippen LogP contribution in [0.25, 0.3) is 17.0 Å². The third-order valence-electron chi connectivity index (χ3n) is 3.40. The van der Waals surface area contributed by atoms with Gasteiger partial charge in [-0.1, -0.05) is 46.6 Å². The molecule has 0 aliphatic rings. The molecule has 1 aromatic carbocycles. The highest BCUT2D eigenvalue weighted by Crippen LogP contribution is 2.26. The number of hydrogen-bond acceptors (Lipinski definition) is 3. The summed E-state index contributed by atoms with van der Waals surface area (Å²) >= 11 is 3.59. The van der Waals surface area contributed by atoms with Crippen molar-refractivity contribution in [3.05, 3.63) is 46.1 Å². The molecular formula is C17H21BrN2O. The van der Waals surface area contributed by atoms with Gasteiger partial charge in [0.15, 0.2) is 0 Å². The number of rotatable bonds is 7. The van der Waals surface area contributed by atoms with Crippen molar-refractivity contribution < 1.29 is 4.74 Å². The number of nitrogens with one attached hydrogen (secondary N) is 1. The summed E-state index contributed by atoms with van der Waals surface area (Å²) in [5, 5.41) is 4.54. The summed E-state index contributed by atoms with van der Waals surface area (Å²) in [4.78, 5) is 4.52. The summed E-state index contributed by atoms with van der Waals surface area (Å²) < 4.78 is 6.13. The van der Waals surface area contributed by atoms with Crippen LogP contribution in [-0.4, -0.2) is 31.8 Å². The molecule has 0 bridgehead atoms. The normalized spacial score (nSPS) is 12.0. The van der Waals surface area contributed by atoms with Crippen LogP contribution >= 0.6 is 15.9 Å². The van der Waals surface area contributed by atoms with E-state index < -0.39 is 0 Å². The monoisotopic (exact) mass is 348 g/mol. The molecule has 1 heterocycles. The summed E-state index contributed by atoms with van der Waals surface area (Å²) in [5.74, 6) is 0. The molecule has 0 radical (unpaired) electrons. The average molecular weight is 349 g/mol. The van der Waals surface area contributed by atoms with Gasteiger partial charge in [-0.05, 0) is 18.6 Å². The van der Waals surface area contributed by atoms with E-state index in [1.807, 2.05) is 12.3 Å². The first-order chi connectivity index (χ1) is 10.3. The van der Waals surface area contributed by atoms with E-state index in [1.165, 1.54) is 11.1 Å². The number of nitrogens with zero attached hydrogens (tertiary/aromatic N) is 1. The summed E-state index contributed by atoms with van der Waals surface area (Å²) in [6.07, 6.45) is 5.10. The van der Waals surface area contributed by atoms with E-state index in [0.717, 1.165) is 41.5 Å². The van der Waals surface area contributed by atoms with Crippen LogP contribution in [0.4, 0.5) is 0 Å². The zero-order valence-electron chi connectivity index (χ0n) is 12.5. The van der Waals surface area contributed by atoms with E-state index in [4.69, 9.17) is 4.74 Å². The molecule has 3 nitrogen and oxygen atoms in total. The lowest BCUT2D eigenvalue weighted by Gasteiger charge is -2.09. The number of pyridine rings is 1. The van der Waals surface area contributed by atoms with Gasteiger partial charge in [0.05, 0.1) is 12.1 Å². The molecule has 1 N–H and O–H groups in total. The van der Waals surface area contributed by atoms with Crippen LogP contribution in [0.1, 0.15) is 18.9 Å². The molecular weight excluding hydrogens is 328 g/mol. The van der Waals surface area contributed by atoms with Crippen LogP contribution in [0.15, 0.2) is 40.5 Å². The van der Waals surface area contributed by atoms with Gasteiger partial charge in [0.1, 0.15) is 0 Å². The SMILES string of the molecule is CC/C(=C/c1ccc(Br)c2cccnc12)CNCCOC. The largest absolute Gasteiger partial charge is 0.383 e. The Labute approximate surface area is 134 Å². The molecule has 0 amide bonds. The predicted octanol–water partition coefficient (Wildman–Crippen LogP) is 4.03. The Morgan fingerprint density at radius 3 is 3.00 bits per heavy atom. The van der Waals surface area contributed by atoms with E-state index in [2.05, 4.69) is 57.4 Å². The van der Waals surface area contributed by atoms with Crippen molar-refractivity contribution in [2.75, 3.05) is 26.8 Å². The predicted molar refractivity (Wildman–Crippen MR) is 92.5 cm³/mol. The Bertz CT molecular complexity index is 625. The van der Waals surface area contributed by atoms with E-state index >= 15 is 0 Å². The van der Waals surface area contributed by atoms with Gasteiger partial charge in [0.2, 0.25) is 0 Å². The summed E-state index contributed by atoms with van der Waals surface area (Å²) in [6, 6.07) is 8.26. The summed E-state index contributed by atoms with van der Waals surface area (Å²) in [5.41, 5.74) is 3.56. The number of hydrogen-bond donors (Lipinski definition) is 1. The number of ether oxygens (including phenoxy) is 1. The molecule has 0 fully saturated rings. The van der Waals surface area contributed by atoms with Crippen molar-refractivity contribution in [1.82, 2.24) is 10.3 Å². The molecule has 0 saturated carbocycles. The van der Waals surface area contributed by atoms with Crippen LogP contribution in [0.5, 0.6) is 0 Å². The van der Waals surface area contributed by atoms with E-state index in [1.54, 1.807) is 7.11 Å². The first-order valence-corrected chi connectivity index (χ1v) is 7.98. The minimum atomic E-state index is 0.736. The molecule has 4 heteroatoms. The standard InChI is InChI=1S/C17H21BrN2O/c1-3-13(12-19-9-10-21-2)11-14-6-7-16(18)15-5-4-8-20-17(14)15/h4-8,11,19H,3,9-10,12H2,1-2H3/b13-11-. The molecule has 1 aromatic heterocycles. The molecule has 0 spiro atoms. The average Bonchev–Trinajstić information content (AvgIpc) is 2.53. The van der Waals surface area contributed by atoms with Gasteiger partial charge in [-0.3, -0.25) is 4.98 Å². The van der Waals surface area contributed by atoms with Crippen LogP contribution in [0, 0.1) is 0 Å². The van der Waals surface area contributed by atoms with E-state index in [-0.39, 0.29) is 0 Å². The summed E-state index contributed by atoms with van der Waals surface area (Å²) in [7, 11) is 1.72. The number of fused-ring (bicyclic) bond motifs is 1. The Balaban J connectivity index is 2.24. The molecule has 0 aliphatic heterocycles. The smallest absolute Gasteiger partial charge is 0.0785 e. The number of halogens is 1. The Hall–Kier alpha value is -1.23. The number of benzene rings is 1. The molecule has 0 aliphatic carbocycles. The maximum Gasteiger partial charge on any atom is 0.0785 e. The van der Waals surface area contributed by atoms with Gasteiger partial charge < -0.3 is 10.1 Å². The Morgan fingerprint density at radius 2 is 2.24 bits per heavy atom. The molecule has 0 saturated heterocycles. The van der Waals surface area contributed by atoms with Crippen molar-refractivity contribution in [3.63, 3.8) is 0 Å². The van der Waals surface area contributed by atoms with Crippen molar-refractivity contribution in [3.8, 4) is 0 Å². The van der Waals surface area contributed by atoms with Crippen molar-refractivity contribution in [2.45, 2.75) is 13.3 Å². The first-order valence-electron chi connectivity index (χ1n) is 7.18. The zero-order valence-corrected chi connectivity index (χ0v) is 14.1. The molecule has 2 aromatic rings. The maximum absolute atomic E-state index is 5.05. The molecule has 112 valence electrons. The Kier molecular flexibility index (Phi) is 6.36. The Morgan fingerprint density at radius 1 is 1.38 bits per heavy atom. The fourth-order valence-corrected chi connectivity index (χ4v) is 2.65. The topological polar surface area (TPSA) is 34.2 Å². The second-order valence-corrected chi connectivity index (χ2v) is 5.72. The van der Waals surface area contributed by atoms with Gasteiger partial charge in [-0.15, -0.1) is 0 Å². The first kappa shape index (κ1) is 16.1. The number of methoxy groups -OCH3 is 1. The minimum absolute atomic E-state index is 0.736. The van der Waals surface area contributed by atoms with Gasteiger partial charge in [0.25, 0.3) is 0 Å². The highest BCUT2D eigenvalue weighted by atomic mass is 79.9. The van der Waals surface area contributed by atoms with Crippen LogP contribution in [0.3, 0.4) is 0 Å². The molecule has 0 atom stereocenters. The number of aromatic nitrogens is 1.